The molecule has 0 aliphatic carbocycles. The van der Waals surface area contributed by atoms with Crippen molar-refractivity contribution in [3.63, 3.8) is 0 Å². The normalized spacial score (nSPS) is 11.0. The number of nitro benzene ring substituents is 1. The number of benzene rings is 2. The first-order valence-corrected chi connectivity index (χ1v) is 6.53. The minimum atomic E-state index is -4.49. The number of nitrogens with zero attached hydrogens (tertiary/aromatic N) is 1. The van der Waals surface area contributed by atoms with Crippen LogP contribution < -0.4 is 10.1 Å². The standard InChI is InChI=1S/C15H11F3N2O4/c1-24-13-8-11(20(22)23)6-7-12(13)19-14(21)9-2-4-10(5-3-9)15(16,17)18/h2-8H,1H3,(H,19,21). The summed E-state index contributed by atoms with van der Waals surface area (Å²) in [6.45, 7) is 0. The van der Waals surface area contributed by atoms with Crippen LogP contribution in [-0.4, -0.2) is 17.9 Å². The SMILES string of the molecule is COc1cc([N+](=O)[O-])ccc1NC(=O)c1ccc(C(F)(F)F)cc1. The second-order valence-electron chi connectivity index (χ2n) is 4.67. The Labute approximate surface area is 134 Å². The molecule has 0 aromatic heterocycles. The predicted molar refractivity (Wildman–Crippen MR) is 79.0 cm³/mol. The zero-order valence-corrected chi connectivity index (χ0v) is 12.3. The smallest absolute Gasteiger partial charge is 0.416 e. The third-order valence-corrected chi connectivity index (χ3v) is 3.12. The number of amides is 1. The molecule has 0 unspecified atom stereocenters. The highest BCUT2D eigenvalue weighted by Gasteiger charge is 2.30. The van der Waals surface area contributed by atoms with Crippen LogP contribution in [0.3, 0.4) is 0 Å². The number of anilines is 1. The van der Waals surface area contributed by atoms with Gasteiger partial charge in [-0.3, -0.25) is 14.9 Å². The summed E-state index contributed by atoms with van der Waals surface area (Å²) in [5.74, 6) is -0.611. The number of nitro groups is 1. The summed E-state index contributed by atoms with van der Waals surface area (Å²) in [6, 6.07) is 7.24. The number of non-ortho nitro benzene ring substituents is 1. The molecule has 2 rings (SSSR count). The molecule has 0 heterocycles. The van der Waals surface area contributed by atoms with Gasteiger partial charge in [0.25, 0.3) is 11.6 Å². The lowest BCUT2D eigenvalue weighted by molar-refractivity contribution is -0.384. The molecule has 1 N–H and O–H groups in total. The number of methoxy groups -OCH3 is 1. The second-order valence-corrected chi connectivity index (χ2v) is 4.67. The summed E-state index contributed by atoms with van der Waals surface area (Å²) in [5, 5.41) is 13.1. The molecule has 0 radical (unpaired) electrons. The Kier molecular flexibility index (Phi) is 4.72. The van der Waals surface area contributed by atoms with Crippen molar-refractivity contribution in [2.75, 3.05) is 12.4 Å². The minimum Gasteiger partial charge on any atom is -0.494 e. The fourth-order valence-corrected chi connectivity index (χ4v) is 1.90. The van der Waals surface area contributed by atoms with Crippen LogP contribution in [0.15, 0.2) is 42.5 Å². The van der Waals surface area contributed by atoms with Crippen molar-refractivity contribution in [1.29, 1.82) is 0 Å². The number of carbonyl (C=O) groups is 1. The molecule has 0 aliphatic heterocycles. The maximum atomic E-state index is 12.5. The number of rotatable bonds is 4. The van der Waals surface area contributed by atoms with Gasteiger partial charge < -0.3 is 10.1 Å². The van der Waals surface area contributed by atoms with E-state index in [0.29, 0.717) is 0 Å². The molecule has 0 atom stereocenters. The van der Waals surface area contributed by atoms with Gasteiger partial charge in [0.05, 0.1) is 29.4 Å². The van der Waals surface area contributed by atoms with E-state index < -0.39 is 22.6 Å². The van der Waals surface area contributed by atoms with Gasteiger partial charge >= 0.3 is 6.18 Å². The first-order valence-electron chi connectivity index (χ1n) is 6.53. The zero-order chi connectivity index (χ0) is 17.9. The first kappa shape index (κ1) is 17.3. The third kappa shape index (κ3) is 3.80. The van der Waals surface area contributed by atoms with Crippen LogP contribution in [0.4, 0.5) is 24.5 Å². The molecule has 0 aliphatic rings. The van der Waals surface area contributed by atoms with Crippen LogP contribution in [0.5, 0.6) is 5.75 Å². The van der Waals surface area contributed by atoms with Crippen molar-refractivity contribution in [3.05, 3.63) is 63.7 Å². The fraction of sp³-hybridized carbons (Fsp3) is 0.133. The summed E-state index contributed by atoms with van der Waals surface area (Å²) >= 11 is 0. The van der Waals surface area contributed by atoms with E-state index in [9.17, 15) is 28.1 Å². The van der Waals surface area contributed by atoms with Gasteiger partial charge in [-0.15, -0.1) is 0 Å². The number of nitrogens with one attached hydrogen (secondary N) is 1. The van der Waals surface area contributed by atoms with E-state index in [1.54, 1.807) is 0 Å². The molecule has 1 amide bonds. The van der Waals surface area contributed by atoms with Gasteiger partial charge in [0.1, 0.15) is 5.75 Å². The quantitative estimate of drug-likeness (QED) is 0.676. The lowest BCUT2D eigenvalue weighted by Crippen LogP contribution is -2.13. The van der Waals surface area contributed by atoms with Crippen molar-refractivity contribution in [1.82, 2.24) is 0 Å². The van der Waals surface area contributed by atoms with Gasteiger partial charge in [0.2, 0.25) is 0 Å². The van der Waals surface area contributed by atoms with Gasteiger partial charge in [-0.25, -0.2) is 0 Å². The van der Waals surface area contributed by atoms with Gasteiger partial charge in [-0.1, -0.05) is 0 Å². The van der Waals surface area contributed by atoms with Crippen molar-refractivity contribution < 1.29 is 27.6 Å². The molecule has 2 aromatic carbocycles. The first-order chi connectivity index (χ1) is 11.2. The molecule has 9 heteroatoms. The summed E-state index contributed by atoms with van der Waals surface area (Å²) in [4.78, 5) is 22.2. The fourth-order valence-electron chi connectivity index (χ4n) is 1.90. The topological polar surface area (TPSA) is 81.5 Å². The molecule has 0 fully saturated rings. The molecule has 6 nitrogen and oxygen atoms in total. The Bertz CT molecular complexity index is 773. The molecule has 0 saturated carbocycles. The van der Waals surface area contributed by atoms with Crippen LogP contribution >= 0.6 is 0 Å². The molecule has 0 bridgehead atoms. The molecular formula is C15H11F3N2O4. The predicted octanol–water partition coefficient (Wildman–Crippen LogP) is 3.87. The molecule has 2 aromatic rings. The number of hydrogen-bond donors (Lipinski definition) is 1. The van der Waals surface area contributed by atoms with Gasteiger partial charge in [0, 0.05) is 11.6 Å². The maximum absolute atomic E-state index is 12.5. The zero-order valence-electron chi connectivity index (χ0n) is 12.3. The average molecular weight is 340 g/mol. The maximum Gasteiger partial charge on any atom is 0.416 e. The van der Waals surface area contributed by atoms with E-state index >= 15 is 0 Å². The Hall–Kier alpha value is -3.10. The van der Waals surface area contributed by atoms with E-state index in [2.05, 4.69) is 5.32 Å². The van der Waals surface area contributed by atoms with Crippen LogP contribution in [0, 0.1) is 10.1 Å². The average Bonchev–Trinajstić information content (AvgIpc) is 2.54. The Balaban J connectivity index is 2.22. The van der Waals surface area contributed by atoms with Gasteiger partial charge in [0.15, 0.2) is 0 Å². The largest absolute Gasteiger partial charge is 0.494 e. The van der Waals surface area contributed by atoms with E-state index in [0.717, 1.165) is 30.3 Å². The molecule has 0 spiro atoms. The van der Waals surface area contributed by atoms with E-state index in [1.165, 1.54) is 19.2 Å². The van der Waals surface area contributed by atoms with Crippen molar-refractivity contribution in [2.45, 2.75) is 6.18 Å². The Morgan fingerprint density at radius 2 is 1.79 bits per heavy atom. The Morgan fingerprint density at radius 1 is 1.17 bits per heavy atom. The Morgan fingerprint density at radius 3 is 2.29 bits per heavy atom. The second kappa shape index (κ2) is 6.57. The van der Waals surface area contributed by atoms with Crippen molar-refractivity contribution in [2.24, 2.45) is 0 Å². The van der Waals surface area contributed by atoms with E-state index in [-0.39, 0.29) is 22.7 Å². The number of halogens is 3. The van der Waals surface area contributed by atoms with Crippen LogP contribution in [0.2, 0.25) is 0 Å². The molecular weight excluding hydrogens is 329 g/mol. The lowest BCUT2D eigenvalue weighted by atomic mass is 10.1. The van der Waals surface area contributed by atoms with Gasteiger partial charge in [-0.05, 0) is 30.3 Å². The van der Waals surface area contributed by atoms with Crippen molar-refractivity contribution in [3.8, 4) is 5.75 Å². The summed E-state index contributed by atoms with van der Waals surface area (Å²) < 4.78 is 42.5. The van der Waals surface area contributed by atoms with E-state index in [1.807, 2.05) is 0 Å². The van der Waals surface area contributed by atoms with Crippen LogP contribution in [-0.2, 0) is 6.18 Å². The molecule has 0 saturated heterocycles. The third-order valence-electron chi connectivity index (χ3n) is 3.12. The summed E-state index contributed by atoms with van der Waals surface area (Å²) in [6.07, 6.45) is -4.49. The molecule has 126 valence electrons. The van der Waals surface area contributed by atoms with Gasteiger partial charge in [-0.2, -0.15) is 13.2 Å². The summed E-state index contributed by atoms with van der Waals surface area (Å²) in [7, 11) is 1.27. The number of hydrogen-bond acceptors (Lipinski definition) is 4. The minimum absolute atomic E-state index is 0.00315. The number of alkyl halides is 3. The van der Waals surface area contributed by atoms with Crippen LogP contribution in [0.25, 0.3) is 0 Å². The number of carbonyl (C=O) groups excluding carboxylic acids is 1. The highest BCUT2D eigenvalue weighted by Crippen LogP contribution is 2.31. The van der Waals surface area contributed by atoms with Crippen molar-refractivity contribution >= 4 is 17.3 Å². The number of ether oxygens (including phenoxy) is 1. The van der Waals surface area contributed by atoms with E-state index in [4.69, 9.17) is 4.74 Å². The van der Waals surface area contributed by atoms with Crippen LogP contribution in [0.1, 0.15) is 15.9 Å². The highest BCUT2D eigenvalue weighted by atomic mass is 19.4. The monoisotopic (exact) mass is 340 g/mol. The lowest BCUT2D eigenvalue weighted by Gasteiger charge is -2.11. The highest BCUT2D eigenvalue weighted by molar-refractivity contribution is 6.05. The summed E-state index contributed by atoms with van der Waals surface area (Å²) in [5.41, 5.74) is -0.928. The molecule has 24 heavy (non-hydrogen) atoms.